The molecule has 1 fully saturated rings. The first-order valence-electron chi connectivity index (χ1n) is 6.77. The number of aryl methyl sites for hydroxylation is 1. The number of hydrogen-bond acceptors (Lipinski definition) is 6. The van der Waals surface area contributed by atoms with Crippen molar-refractivity contribution >= 4 is 5.91 Å². The van der Waals surface area contributed by atoms with E-state index < -0.39 is 5.60 Å². The van der Waals surface area contributed by atoms with E-state index in [2.05, 4.69) is 15.0 Å². The van der Waals surface area contributed by atoms with Crippen molar-refractivity contribution < 1.29 is 14.4 Å². The maximum Gasteiger partial charge on any atom is 0.245 e. The van der Waals surface area contributed by atoms with Gasteiger partial charge in [-0.25, -0.2) is 0 Å². The molecule has 7 nitrogen and oxygen atoms in total. The highest BCUT2D eigenvalue weighted by atomic mass is 16.5. The van der Waals surface area contributed by atoms with E-state index in [9.17, 15) is 9.90 Å². The van der Waals surface area contributed by atoms with Gasteiger partial charge in [0.25, 0.3) is 0 Å². The average molecular weight is 282 g/mol. The predicted molar refractivity (Wildman–Crippen MR) is 71.9 cm³/mol. The Bertz CT molecular complexity index is 480. The molecule has 2 rings (SSSR count). The maximum atomic E-state index is 12.2. The van der Waals surface area contributed by atoms with E-state index in [4.69, 9.17) is 4.52 Å². The molecule has 0 aliphatic carbocycles. The van der Waals surface area contributed by atoms with Gasteiger partial charge in [-0.05, 0) is 27.8 Å². The van der Waals surface area contributed by atoms with Crippen LogP contribution in [0.1, 0.15) is 38.0 Å². The topological polar surface area (TPSA) is 82.7 Å². The van der Waals surface area contributed by atoms with Crippen molar-refractivity contribution in [3.8, 4) is 0 Å². The van der Waals surface area contributed by atoms with Crippen LogP contribution in [0.15, 0.2) is 4.52 Å². The van der Waals surface area contributed by atoms with Gasteiger partial charge in [-0.3, -0.25) is 9.69 Å². The highest BCUT2D eigenvalue weighted by Gasteiger charge is 2.33. The normalized spacial score (nSPS) is 21.2. The van der Waals surface area contributed by atoms with Gasteiger partial charge in [0.1, 0.15) is 6.04 Å². The Balaban J connectivity index is 2.06. The first-order valence-corrected chi connectivity index (χ1v) is 6.77. The third-order valence-corrected chi connectivity index (χ3v) is 3.41. The molecule has 1 aliphatic heterocycles. The van der Waals surface area contributed by atoms with E-state index in [1.165, 1.54) is 0 Å². The molecule has 20 heavy (non-hydrogen) atoms. The summed E-state index contributed by atoms with van der Waals surface area (Å²) < 4.78 is 5.21. The van der Waals surface area contributed by atoms with Crippen LogP contribution in [-0.2, 0) is 4.79 Å². The molecule has 2 heterocycles. The SMILES string of the molecule is Cc1noc([C@@H]2CN(C(=O)CC(C)(C)O)CCN2C)n1. The number of nitrogens with zero attached hydrogens (tertiary/aromatic N) is 4. The summed E-state index contributed by atoms with van der Waals surface area (Å²) in [6, 6.07) is -0.0873. The van der Waals surface area contributed by atoms with Crippen LogP contribution in [0.5, 0.6) is 0 Å². The Hall–Kier alpha value is -1.47. The molecule has 0 spiro atoms. The van der Waals surface area contributed by atoms with E-state index in [1.807, 2.05) is 7.05 Å². The van der Waals surface area contributed by atoms with Crippen LogP contribution in [0.25, 0.3) is 0 Å². The van der Waals surface area contributed by atoms with E-state index in [1.54, 1.807) is 25.7 Å². The number of aliphatic hydroxyl groups is 1. The molecule has 1 N–H and O–H groups in total. The van der Waals surface area contributed by atoms with Crippen LogP contribution >= 0.6 is 0 Å². The molecule has 0 aromatic carbocycles. The minimum atomic E-state index is -0.989. The van der Waals surface area contributed by atoms with Crippen molar-refractivity contribution in [1.82, 2.24) is 19.9 Å². The predicted octanol–water partition coefficient (Wildman–Crippen LogP) is 0.354. The average Bonchev–Trinajstić information content (AvgIpc) is 2.74. The molecular formula is C13H22N4O3. The molecule has 1 saturated heterocycles. The van der Waals surface area contributed by atoms with Gasteiger partial charge < -0.3 is 14.5 Å². The maximum absolute atomic E-state index is 12.2. The summed E-state index contributed by atoms with van der Waals surface area (Å²) in [5, 5.41) is 13.6. The van der Waals surface area contributed by atoms with Crippen LogP contribution < -0.4 is 0 Å². The molecule has 7 heteroatoms. The van der Waals surface area contributed by atoms with Crippen LogP contribution in [0, 0.1) is 6.92 Å². The third kappa shape index (κ3) is 3.55. The van der Waals surface area contributed by atoms with Crippen molar-refractivity contribution in [2.45, 2.75) is 38.8 Å². The monoisotopic (exact) mass is 282 g/mol. The summed E-state index contributed by atoms with van der Waals surface area (Å²) >= 11 is 0. The molecule has 0 saturated carbocycles. The lowest BCUT2D eigenvalue weighted by atomic mass is 10.0. The molecule has 1 atom stereocenters. The highest BCUT2D eigenvalue weighted by Crippen LogP contribution is 2.23. The number of rotatable bonds is 3. The Morgan fingerprint density at radius 3 is 2.75 bits per heavy atom. The van der Waals surface area contributed by atoms with Crippen LogP contribution in [0.4, 0.5) is 0 Å². The second-order valence-electron chi connectivity index (χ2n) is 6.01. The fourth-order valence-corrected chi connectivity index (χ4v) is 2.30. The number of amides is 1. The summed E-state index contributed by atoms with van der Waals surface area (Å²) in [4.78, 5) is 20.3. The van der Waals surface area contributed by atoms with Crippen molar-refractivity contribution in [2.24, 2.45) is 0 Å². The van der Waals surface area contributed by atoms with E-state index in [0.29, 0.717) is 24.8 Å². The molecule has 1 aliphatic rings. The van der Waals surface area contributed by atoms with Crippen molar-refractivity contribution in [3.05, 3.63) is 11.7 Å². The van der Waals surface area contributed by atoms with Gasteiger partial charge in [0.05, 0.1) is 12.0 Å². The number of carbonyl (C=O) groups is 1. The Kier molecular flexibility index (Phi) is 4.10. The quantitative estimate of drug-likeness (QED) is 0.861. The van der Waals surface area contributed by atoms with E-state index in [0.717, 1.165) is 6.54 Å². The number of aromatic nitrogens is 2. The van der Waals surface area contributed by atoms with Gasteiger partial charge in [-0.1, -0.05) is 5.16 Å². The minimum Gasteiger partial charge on any atom is -0.390 e. The summed E-state index contributed by atoms with van der Waals surface area (Å²) in [5.41, 5.74) is -0.989. The third-order valence-electron chi connectivity index (χ3n) is 3.41. The first-order chi connectivity index (χ1) is 9.26. The second kappa shape index (κ2) is 5.49. The van der Waals surface area contributed by atoms with Gasteiger partial charge in [0.15, 0.2) is 5.82 Å². The van der Waals surface area contributed by atoms with Crippen LogP contribution in [0.3, 0.4) is 0 Å². The van der Waals surface area contributed by atoms with Gasteiger partial charge in [-0.15, -0.1) is 0 Å². The zero-order valence-electron chi connectivity index (χ0n) is 12.5. The Morgan fingerprint density at radius 1 is 1.50 bits per heavy atom. The Labute approximate surface area is 118 Å². The summed E-state index contributed by atoms with van der Waals surface area (Å²) in [5.74, 6) is 1.07. The number of hydrogen-bond donors (Lipinski definition) is 1. The molecule has 0 unspecified atom stereocenters. The second-order valence-corrected chi connectivity index (χ2v) is 6.01. The number of piperazine rings is 1. The minimum absolute atomic E-state index is 0.0492. The van der Waals surface area contributed by atoms with E-state index >= 15 is 0 Å². The van der Waals surface area contributed by atoms with E-state index in [-0.39, 0.29) is 18.4 Å². The molecule has 0 bridgehead atoms. The molecule has 1 aromatic heterocycles. The summed E-state index contributed by atoms with van der Waals surface area (Å²) in [7, 11) is 1.97. The molecule has 1 amide bonds. The fraction of sp³-hybridized carbons (Fsp3) is 0.769. The molecule has 1 aromatic rings. The number of carbonyl (C=O) groups excluding carboxylic acids is 1. The lowest BCUT2D eigenvalue weighted by Crippen LogP contribution is -2.50. The Morgan fingerprint density at radius 2 is 2.20 bits per heavy atom. The molecule has 112 valence electrons. The highest BCUT2D eigenvalue weighted by molar-refractivity contribution is 5.77. The van der Waals surface area contributed by atoms with Crippen LogP contribution in [0.2, 0.25) is 0 Å². The smallest absolute Gasteiger partial charge is 0.245 e. The standard InChI is InChI=1S/C13H22N4O3/c1-9-14-12(20-15-9)10-8-17(6-5-16(10)4)11(18)7-13(2,3)19/h10,19H,5-8H2,1-4H3/t10-/m0/s1. The number of likely N-dealkylation sites (N-methyl/N-ethyl adjacent to an activating group) is 1. The summed E-state index contributed by atoms with van der Waals surface area (Å²) in [6.45, 7) is 6.94. The van der Waals surface area contributed by atoms with Gasteiger partial charge >= 0.3 is 0 Å². The largest absolute Gasteiger partial charge is 0.390 e. The molecular weight excluding hydrogens is 260 g/mol. The van der Waals surface area contributed by atoms with Gasteiger partial charge in [0.2, 0.25) is 11.8 Å². The van der Waals surface area contributed by atoms with Crippen LogP contribution in [-0.4, -0.2) is 63.2 Å². The fourth-order valence-electron chi connectivity index (χ4n) is 2.30. The summed E-state index contributed by atoms with van der Waals surface area (Å²) in [6.07, 6.45) is 0.117. The van der Waals surface area contributed by atoms with Crippen molar-refractivity contribution in [2.75, 3.05) is 26.7 Å². The van der Waals surface area contributed by atoms with Crippen molar-refractivity contribution in [3.63, 3.8) is 0 Å². The first kappa shape index (κ1) is 14.9. The lowest BCUT2D eigenvalue weighted by Gasteiger charge is -2.38. The zero-order valence-corrected chi connectivity index (χ0v) is 12.5. The van der Waals surface area contributed by atoms with Gasteiger partial charge in [0, 0.05) is 19.6 Å². The lowest BCUT2D eigenvalue weighted by molar-refractivity contribution is -0.138. The van der Waals surface area contributed by atoms with Crippen molar-refractivity contribution in [1.29, 1.82) is 0 Å². The molecule has 0 radical (unpaired) electrons. The van der Waals surface area contributed by atoms with Gasteiger partial charge in [-0.2, -0.15) is 4.98 Å². The zero-order chi connectivity index (χ0) is 14.9.